The molecule has 1 rings (SSSR count). The van der Waals surface area contributed by atoms with Crippen molar-refractivity contribution in [3.63, 3.8) is 0 Å². The lowest BCUT2D eigenvalue weighted by atomic mass is 9.92. The topological polar surface area (TPSA) is 0 Å². The Labute approximate surface area is 58.3 Å². The van der Waals surface area contributed by atoms with Gasteiger partial charge in [-0.05, 0) is 25.7 Å². The van der Waals surface area contributed by atoms with Crippen molar-refractivity contribution < 1.29 is 0 Å². The van der Waals surface area contributed by atoms with Gasteiger partial charge in [-0.1, -0.05) is 31.7 Å². The Kier molecular flexibility index (Phi) is 3.29. The first-order valence-corrected chi connectivity index (χ1v) is 3.16. The van der Waals surface area contributed by atoms with E-state index in [1.807, 2.05) is 0 Å². The van der Waals surface area contributed by atoms with Crippen molar-refractivity contribution in [2.75, 3.05) is 0 Å². The molecule has 0 amide bonds. The minimum absolute atomic E-state index is 0. The van der Waals surface area contributed by atoms with Gasteiger partial charge in [0.15, 0.2) is 0 Å². The molecule has 1 aliphatic carbocycles. The highest BCUT2D eigenvalue weighted by Crippen LogP contribution is 2.24. The molecule has 0 atom stereocenters. The minimum atomic E-state index is 0. The summed E-state index contributed by atoms with van der Waals surface area (Å²) in [6.45, 7) is 7.79. The van der Waals surface area contributed by atoms with Crippen LogP contribution in [0.5, 0.6) is 0 Å². The molecule has 9 heavy (non-hydrogen) atoms. The van der Waals surface area contributed by atoms with E-state index in [1.54, 1.807) is 0 Å². The summed E-state index contributed by atoms with van der Waals surface area (Å²) in [4.78, 5) is 0. The van der Waals surface area contributed by atoms with Gasteiger partial charge in [-0.15, -0.1) is 0 Å². The number of hydrogen-bond donors (Lipinski definition) is 0. The van der Waals surface area contributed by atoms with Crippen LogP contribution in [-0.4, -0.2) is 0 Å². The lowest BCUT2D eigenvalue weighted by Gasteiger charge is -2.14. The zero-order chi connectivity index (χ0) is 5.98. The highest BCUT2D eigenvalue weighted by molar-refractivity contribution is 5.26. The standard InChI is InChI=1S/C8H12.CH4/c1-7-5-3-4-6-8(7)2;/h1-6H2;1H4. The molecule has 0 heteroatoms. The predicted octanol–water partition coefficient (Wildman–Crippen LogP) is 3.31. The Hall–Kier alpha value is -0.520. The van der Waals surface area contributed by atoms with Gasteiger partial charge in [0.25, 0.3) is 0 Å². The second-order valence-corrected chi connectivity index (χ2v) is 2.41. The Balaban J connectivity index is 0.000000640. The van der Waals surface area contributed by atoms with Crippen LogP contribution in [0.15, 0.2) is 24.3 Å². The Bertz CT molecular complexity index is 104. The summed E-state index contributed by atoms with van der Waals surface area (Å²) in [5.41, 5.74) is 2.55. The van der Waals surface area contributed by atoms with Gasteiger partial charge in [-0.2, -0.15) is 0 Å². The largest absolute Gasteiger partial charge is 0.0956 e. The van der Waals surface area contributed by atoms with Gasteiger partial charge in [0, 0.05) is 0 Å². The summed E-state index contributed by atoms with van der Waals surface area (Å²) in [7, 11) is 0. The summed E-state index contributed by atoms with van der Waals surface area (Å²) < 4.78 is 0. The molecule has 0 aromatic rings. The van der Waals surface area contributed by atoms with Gasteiger partial charge < -0.3 is 0 Å². The zero-order valence-corrected chi connectivity index (χ0v) is 5.24. The average Bonchev–Trinajstić information content (AvgIpc) is 1.77. The highest BCUT2D eigenvalue weighted by atomic mass is 14.1. The van der Waals surface area contributed by atoms with Gasteiger partial charge in [-0.25, -0.2) is 0 Å². The minimum Gasteiger partial charge on any atom is -0.0956 e. The second-order valence-electron chi connectivity index (χ2n) is 2.41. The van der Waals surface area contributed by atoms with E-state index in [4.69, 9.17) is 0 Å². The van der Waals surface area contributed by atoms with Crippen molar-refractivity contribution in [1.82, 2.24) is 0 Å². The SMILES string of the molecule is C.C=C1CCCCC1=C. The molecule has 0 bridgehead atoms. The first-order chi connectivity index (χ1) is 3.80. The molecular formula is C9H16. The molecule has 0 N–H and O–H groups in total. The van der Waals surface area contributed by atoms with Crippen molar-refractivity contribution in [3.05, 3.63) is 24.3 Å². The van der Waals surface area contributed by atoms with Crippen LogP contribution in [0.2, 0.25) is 0 Å². The van der Waals surface area contributed by atoms with Gasteiger partial charge in [0.05, 0.1) is 0 Å². The van der Waals surface area contributed by atoms with E-state index in [9.17, 15) is 0 Å². The molecule has 0 aromatic carbocycles. The fourth-order valence-corrected chi connectivity index (χ4v) is 1.03. The Morgan fingerprint density at radius 3 is 1.44 bits per heavy atom. The summed E-state index contributed by atoms with van der Waals surface area (Å²) in [6.07, 6.45) is 4.99. The molecule has 1 aliphatic rings. The van der Waals surface area contributed by atoms with E-state index in [0.29, 0.717) is 0 Å². The third-order valence-electron chi connectivity index (χ3n) is 1.71. The smallest absolute Gasteiger partial charge is 0.0282 e. The highest BCUT2D eigenvalue weighted by Gasteiger charge is 2.05. The van der Waals surface area contributed by atoms with Gasteiger partial charge in [0.1, 0.15) is 0 Å². The summed E-state index contributed by atoms with van der Waals surface area (Å²) >= 11 is 0. The number of rotatable bonds is 0. The first kappa shape index (κ1) is 8.48. The van der Waals surface area contributed by atoms with Crippen LogP contribution in [0.4, 0.5) is 0 Å². The predicted molar refractivity (Wildman–Crippen MR) is 43.5 cm³/mol. The van der Waals surface area contributed by atoms with Crippen molar-refractivity contribution in [2.24, 2.45) is 0 Å². The lowest BCUT2D eigenvalue weighted by Crippen LogP contribution is -1.94. The van der Waals surface area contributed by atoms with Gasteiger partial charge in [0.2, 0.25) is 0 Å². The molecule has 0 spiro atoms. The average molecular weight is 124 g/mol. The fraction of sp³-hybridized carbons (Fsp3) is 0.556. The third-order valence-corrected chi connectivity index (χ3v) is 1.71. The van der Waals surface area contributed by atoms with Crippen LogP contribution in [-0.2, 0) is 0 Å². The Morgan fingerprint density at radius 2 is 1.22 bits per heavy atom. The van der Waals surface area contributed by atoms with E-state index >= 15 is 0 Å². The molecular weight excluding hydrogens is 108 g/mol. The summed E-state index contributed by atoms with van der Waals surface area (Å²) in [6, 6.07) is 0. The van der Waals surface area contributed by atoms with Crippen molar-refractivity contribution in [1.29, 1.82) is 0 Å². The molecule has 0 aromatic heterocycles. The lowest BCUT2D eigenvalue weighted by molar-refractivity contribution is 0.682. The summed E-state index contributed by atoms with van der Waals surface area (Å²) in [5.74, 6) is 0. The second kappa shape index (κ2) is 3.49. The number of hydrogen-bond acceptors (Lipinski definition) is 0. The maximum atomic E-state index is 3.90. The van der Waals surface area contributed by atoms with Crippen LogP contribution >= 0.6 is 0 Å². The van der Waals surface area contributed by atoms with E-state index < -0.39 is 0 Å². The van der Waals surface area contributed by atoms with Crippen molar-refractivity contribution in [3.8, 4) is 0 Å². The zero-order valence-electron chi connectivity index (χ0n) is 5.24. The van der Waals surface area contributed by atoms with Crippen LogP contribution in [0.3, 0.4) is 0 Å². The van der Waals surface area contributed by atoms with E-state index in [0.717, 1.165) is 0 Å². The van der Waals surface area contributed by atoms with Crippen molar-refractivity contribution in [2.45, 2.75) is 33.1 Å². The number of allylic oxidation sites excluding steroid dienone is 2. The molecule has 0 heterocycles. The quantitative estimate of drug-likeness (QED) is 0.464. The van der Waals surface area contributed by atoms with E-state index in [1.165, 1.54) is 36.8 Å². The molecule has 0 radical (unpaired) electrons. The molecule has 1 saturated carbocycles. The van der Waals surface area contributed by atoms with Crippen LogP contribution in [0, 0.1) is 0 Å². The molecule has 0 saturated heterocycles. The molecule has 52 valence electrons. The normalized spacial score (nSPS) is 19.1. The third kappa shape index (κ3) is 2.05. The molecule has 0 unspecified atom stereocenters. The van der Waals surface area contributed by atoms with Crippen molar-refractivity contribution >= 4 is 0 Å². The Morgan fingerprint density at radius 1 is 0.889 bits per heavy atom. The fourth-order valence-electron chi connectivity index (χ4n) is 1.03. The maximum absolute atomic E-state index is 3.90. The molecule has 1 fully saturated rings. The monoisotopic (exact) mass is 124 g/mol. The molecule has 0 aliphatic heterocycles. The van der Waals surface area contributed by atoms with Crippen LogP contribution in [0.25, 0.3) is 0 Å². The van der Waals surface area contributed by atoms with Crippen LogP contribution in [0.1, 0.15) is 33.1 Å². The maximum Gasteiger partial charge on any atom is -0.0282 e. The van der Waals surface area contributed by atoms with Gasteiger partial charge in [-0.3, -0.25) is 0 Å². The van der Waals surface area contributed by atoms with E-state index in [2.05, 4.69) is 13.2 Å². The summed E-state index contributed by atoms with van der Waals surface area (Å²) in [5, 5.41) is 0. The first-order valence-electron chi connectivity index (χ1n) is 3.16. The van der Waals surface area contributed by atoms with Gasteiger partial charge >= 0.3 is 0 Å². The van der Waals surface area contributed by atoms with Crippen LogP contribution < -0.4 is 0 Å². The van der Waals surface area contributed by atoms with E-state index in [-0.39, 0.29) is 7.43 Å². The molecule has 0 nitrogen and oxygen atoms in total.